The zero-order valence-electron chi connectivity index (χ0n) is 15.8. The third-order valence-corrected chi connectivity index (χ3v) is 4.19. The summed E-state index contributed by atoms with van der Waals surface area (Å²) in [5.41, 5.74) is 0.974. The number of hydrogen-bond acceptors (Lipinski definition) is 9. The molecule has 3 rings (SSSR count). The van der Waals surface area contributed by atoms with Crippen molar-refractivity contribution in [2.24, 2.45) is 0 Å². The quantitative estimate of drug-likeness (QED) is 0.429. The molecule has 0 unspecified atom stereocenters. The van der Waals surface area contributed by atoms with E-state index < -0.39 is 4.92 Å². The third-order valence-electron chi connectivity index (χ3n) is 3.89. The van der Waals surface area contributed by atoms with Crippen LogP contribution >= 0.6 is 11.6 Å². The Morgan fingerprint density at radius 3 is 2.31 bits per heavy atom. The summed E-state index contributed by atoms with van der Waals surface area (Å²) < 4.78 is 10.5. The van der Waals surface area contributed by atoms with E-state index >= 15 is 0 Å². The number of rotatable bonds is 7. The first-order chi connectivity index (χ1) is 13.9. The van der Waals surface area contributed by atoms with Gasteiger partial charge in [-0.1, -0.05) is 17.7 Å². The van der Waals surface area contributed by atoms with Crippen molar-refractivity contribution < 1.29 is 14.4 Å². The molecule has 11 heteroatoms. The van der Waals surface area contributed by atoms with Gasteiger partial charge in [-0.05, 0) is 24.6 Å². The van der Waals surface area contributed by atoms with E-state index in [0.29, 0.717) is 28.0 Å². The number of benzene rings is 1. The highest BCUT2D eigenvalue weighted by Gasteiger charge is 2.25. The number of nitrogens with one attached hydrogen (secondary N) is 2. The van der Waals surface area contributed by atoms with Gasteiger partial charge in [0.05, 0.1) is 29.9 Å². The highest BCUT2D eigenvalue weighted by Crippen LogP contribution is 2.39. The van der Waals surface area contributed by atoms with Gasteiger partial charge in [-0.2, -0.15) is 0 Å². The first kappa shape index (κ1) is 20.1. The molecule has 0 aliphatic rings. The van der Waals surface area contributed by atoms with Gasteiger partial charge in [0.1, 0.15) is 23.6 Å². The van der Waals surface area contributed by atoms with Gasteiger partial charge in [0.15, 0.2) is 0 Å². The average molecular weight is 417 g/mol. The molecule has 0 aliphatic carbocycles. The lowest BCUT2D eigenvalue weighted by molar-refractivity contribution is -0.383. The Kier molecular flexibility index (Phi) is 5.93. The molecule has 0 spiro atoms. The Morgan fingerprint density at radius 1 is 1.03 bits per heavy atom. The van der Waals surface area contributed by atoms with Crippen molar-refractivity contribution in [3.05, 3.63) is 57.5 Å². The smallest absolute Gasteiger partial charge is 0.353 e. The normalized spacial score (nSPS) is 10.3. The van der Waals surface area contributed by atoms with Crippen LogP contribution in [0.4, 0.5) is 28.8 Å². The minimum atomic E-state index is -0.587. The molecule has 29 heavy (non-hydrogen) atoms. The molecule has 0 saturated heterocycles. The van der Waals surface area contributed by atoms with Gasteiger partial charge in [0, 0.05) is 12.3 Å². The average Bonchev–Trinajstić information content (AvgIpc) is 2.70. The Labute approximate surface area is 171 Å². The number of aryl methyl sites for hydroxylation is 1. The van der Waals surface area contributed by atoms with Crippen LogP contribution in [0, 0.1) is 17.0 Å². The molecule has 2 aromatic heterocycles. The molecular formula is C18H17ClN6O4. The number of aromatic nitrogens is 3. The van der Waals surface area contributed by atoms with Crippen LogP contribution in [-0.4, -0.2) is 34.1 Å². The van der Waals surface area contributed by atoms with Crippen LogP contribution < -0.4 is 20.1 Å². The lowest BCUT2D eigenvalue weighted by Crippen LogP contribution is -2.06. The predicted octanol–water partition coefficient (Wildman–Crippen LogP) is 4.25. The molecule has 3 aromatic rings. The van der Waals surface area contributed by atoms with Gasteiger partial charge in [0.25, 0.3) is 0 Å². The molecule has 0 atom stereocenters. The first-order valence-corrected chi connectivity index (χ1v) is 8.68. The van der Waals surface area contributed by atoms with Gasteiger partial charge in [-0.15, -0.1) is 0 Å². The molecule has 1 aromatic carbocycles. The standard InChI is InChI=1S/C18H17ClN6O4/c1-10-4-5-15(20-8-10)24-18-16(25(26)27)17(21-9-22-18)23-12-6-11(19)13(28-2)7-14(12)29-3/h4-9H,1-3H3,(H2,20,21,22,23,24). The van der Waals surface area contributed by atoms with E-state index in [1.54, 1.807) is 18.3 Å². The molecule has 0 bridgehead atoms. The molecule has 0 radical (unpaired) electrons. The SMILES string of the molecule is COc1cc(OC)c(Nc2ncnc(Nc3ccc(C)cn3)c2[N+](=O)[O-])cc1Cl. The van der Waals surface area contributed by atoms with Crippen molar-refractivity contribution >= 4 is 40.4 Å². The Bertz CT molecular complexity index is 1050. The molecular weight excluding hydrogens is 400 g/mol. The van der Waals surface area contributed by atoms with E-state index in [9.17, 15) is 10.1 Å². The maximum Gasteiger partial charge on any atom is 0.353 e. The largest absolute Gasteiger partial charge is 0.495 e. The Balaban J connectivity index is 2.01. The second-order valence-electron chi connectivity index (χ2n) is 5.83. The third kappa shape index (κ3) is 4.43. The summed E-state index contributed by atoms with van der Waals surface area (Å²) in [7, 11) is 2.93. The van der Waals surface area contributed by atoms with Crippen molar-refractivity contribution in [2.75, 3.05) is 24.9 Å². The van der Waals surface area contributed by atoms with Crippen LogP contribution in [0.3, 0.4) is 0 Å². The van der Waals surface area contributed by atoms with Gasteiger partial charge >= 0.3 is 5.69 Å². The second-order valence-corrected chi connectivity index (χ2v) is 6.24. The van der Waals surface area contributed by atoms with Crippen LogP contribution in [0.15, 0.2) is 36.8 Å². The lowest BCUT2D eigenvalue weighted by Gasteiger charge is -2.14. The van der Waals surface area contributed by atoms with Gasteiger partial charge in [-0.25, -0.2) is 15.0 Å². The summed E-state index contributed by atoms with van der Waals surface area (Å²) in [6.07, 6.45) is 2.84. The maximum absolute atomic E-state index is 11.7. The zero-order chi connectivity index (χ0) is 21.0. The highest BCUT2D eigenvalue weighted by atomic mass is 35.5. The fraction of sp³-hybridized carbons (Fsp3) is 0.167. The van der Waals surface area contributed by atoms with E-state index in [0.717, 1.165) is 5.56 Å². The lowest BCUT2D eigenvalue weighted by atomic mass is 10.2. The number of hydrogen-bond donors (Lipinski definition) is 2. The van der Waals surface area contributed by atoms with Crippen LogP contribution in [0.2, 0.25) is 5.02 Å². The van der Waals surface area contributed by atoms with Gasteiger partial charge in [-0.3, -0.25) is 10.1 Å². The van der Waals surface area contributed by atoms with Crippen LogP contribution in [0.1, 0.15) is 5.56 Å². The molecule has 0 fully saturated rings. The van der Waals surface area contributed by atoms with Crippen molar-refractivity contribution in [1.82, 2.24) is 15.0 Å². The molecule has 10 nitrogen and oxygen atoms in total. The monoisotopic (exact) mass is 416 g/mol. The minimum Gasteiger partial charge on any atom is -0.495 e. The van der Waals surface area contributed by atoms with Crippen molar-refractivity contribution in [1.29, 1.82) is 0 Å². The molecule has 2 N–H and O–H groups in total. The highest BCUT2D eigenvalue weighted by molar-refractivity contribution is 6.32. The summed E-state index contributed by atoms with van der Waals surface area (Å²) in [6.45, 7) is 1.89. The molecule has 0 saturated carbocycles. The van der Waals surface area contributed by atoms with Crippen molar-refractivity contribution in [3.8, 4) is 11.5 Å². The van der Waals surface area contributed by atoms with Crippen LogP contribution in [0.5, 0.6) is 11.5 Å². The number of nitro groups is 1. The van der Waals surface area contributed by atoms with E-state index in [2.05, 4.69) is 25.6 Å². The first-order valence-electron chi connectivity index (χ1n) is 8.30. The fourth-order valence-corrected chi connectivity index (χ4v) is 2.72. The van der Waals surface area contributed by atoms with Gasteiger partial charge in [0.2, 0.25) is 11.6 Å². The van der Waals surface area contributed by atoms with Crippen LogP contribution in [0.25, 0.3) is 0 Å². The molecule has 2 heterocycles. The zero-order valence-corrected chi connectivity index (χ0v) is 16.5. The summed E-state index contributed by atoms with van der Waals surface area (Å²) in [5, 5.41) is 17.8. The summed E-state index contributed by atoms with van der Waals surface area (Å²) >= 11 is 6.17. The maximum atomic E-state index is 11.7. The van der Waals surface area contributed by atoms with E-state index in [4.69, 9.17) is 21.1 Å². The number of halogens is 1. The summed E-state index contributed by atoms with van der Waals surface area (Å²) in [5.74, 6) is 1.13. The summed E-state index contributed by atoms with van der Waals surface area (Å²) in [4.78, 5) is 23.3. The topological polar surface area (TPSA) is 124 Å². The van der Waals surface area contributed by atoms with Crippen LogP contribution in [-0.2, 0) is 0 Å². The van der Waals surface area contributed by atoms with Gasteiger partial charge < -0.3 is 20.1 Å². The molecule has 0 amide bonds. The fourth-order valence-electron chi connectivity index (χ4n) is 2.48. The number of methoxy groups -OCH3 is 2. The van der Waals surface area contributed by atoms with E-state index in [1.165, 1.54) is 26.6 Å². The van der Waals surface area contributed by atoms with Crippen molar-refractivity contribution in [3.63, 3.8) is 0 Å². The molecule has 150 valence electrons. The second kappa shape index (κ2) is 8.57. The predicted molar refractivity (Wildman–Crippen MR) is 109 cm³/mol. The van der Waals surface area contributed by atoms with E-state index in [-0.39, 0.29) is 17.3 Å². The number of anilines is 4. The number of nitrogens with zero attached hydrogens (tertiary/aromatic N) is 4. The minimum absolute atomic E-state index is 0.0116. The molecule has 0 aliphatic heterocycles. The number of pyridine rings is 1. The summed E-state index contributed by atoms with van der Waals surface area (Å²) in [6, 6.07) is 6.61. The number of ether oxygens (including phenoxy) is 2. The Morgan fingerprint density at radius 2 is 1.72 bits per heavy atom. The Hall–Kier alpha value is -3.66. The van der Waals surface area contributed by atoms with Crippen molar-refractivity contribution in [2.45, 2.75) is 6.92 Å². The van der Waals surface area contributed by atoms with E-state index in [1.807, 2.05) is 13.0 Å².